The van der Waals surface area contributed by atoms with E-state index < -0.39 is 55.5 Å². The van der Waals surface area contributed by atoms with E-state index in [1.807, 2.05) is 6.92 Å². The van der Waals surface area contributed by atoms with E-state index in [0.717, 1.165) is 0 Å². The molecule has 4 N–H and O–H groups in total. The largest absolute Gasteiger partial charge is 0.494 e. The predicted octanol–water partition coefficient (Wildman–Crippen LogP) is 0.145. The Morgan fingerprint density at radius 3 is 2.34 bits per heavy atom. The number of hydrogen-bond donors (Lipinski definition) is 4. The number of rotatable bonds is 7. The van der Waals surface area contributed by atoms with Gasteiger partial charge in [0, 0.05) is 5.56 Å². The molecule has 9 nitrogen and oxygen atoms in total. The van der Waals surface area contributed by atoms with Crippen LogP contribution in [0.5, 0.6) is 5.75 Å². The highest BCUT2D eigenvalue weighted by Gasteiger charge is 2.46. The van der Waals surface area contributed by atoms with Crippen LogP contribution in [-0.4, -0.2) is 80.0 Å². The van der Waals surface area contributed by atoms with Crippen LogP contribution in [0.25, 0.3) is 0 Å². The lowest BCUT2D eigenvalue weighted by atomic mass is 9.99. The second kappa shape index (κ2) is 8.98. The highest BCUT2D eigenvalue weighted by molar-refractivity contribution is 7.86. The minimum absolute atomic E-state index is 0.0685. The quantitative estimate of drug-likeness (QED) is 0.337. The summed E-state index contributed by atoms with van der Waals surface area (Å²) in [5.74, 6) is 0.394. The van der Waals surface area contributed by atoms with Crippen molar-refractivity contribution in [1.29, 1.82) is 0 Å². The van der Waals surface area contributed by atoms with Gasteiger partial charge < -0.3 is 29.9 Å². The number of aliphatic hydroxyl groups is 4. The normalized spacial score (nSPS) is 29.5. The molecule has 0 amide bonds. The van der Waals surface area contributed by atoms with Crippen molar-refractivity contribution >= 4 is 18.2 Å². The summed E-state index contributed by atoms with van der Waals surface area (Å²) in [4.78, 5) is -0.184. The van der Waals surface area contributed by atoms with E-state index in [2.05, 4.69) is 19.6 Å². The zero-order chi connectivity index (χ0) is 22.1. The Bertz CT molecular complexity index is 808. The molecule has 1 saturated heterocycles. The first-order valence-corrected chi connectivity index (χ1v) is 14.3. The van der Waals surface area contributed by atoms with Crippen LogP contribution in [0.2, 0.25) is 19.6 Å². The summed E-state index contributed by atoms with van der Waals surface area (Å²) in [6.45, 7) is 9.24. The Labute approximate surface area is 172 Å². The van der Waals surface area contributed by atoms with Gasteiger partial charge in [-0.3, -0.25) is 4.18 Å². The molecule has 1 heterocycles. The lowest BCUT2D eigenvalue weighted by Crippen LogP contribution is -2.59. The third-order valence-corrected chi connectivity index (χ3v) is 9.12. The lowest BCUT2D eigenvalue weighted by Gasteiger charge is -2.39. The molecule has 0 spiro atoms. The third-order valence-electron chi connectivity index (χ3n) is 5.11. The van der Waals surface area contributed by atoms with E-state index in [-0.39, 0.29) is 10.6 Å². The first-order valence-electron chi connectivity index (χ1n) is 9.29. The predicted molar refractivity (Wildman–Crippen MR) is 107 cm³/mol. The Hall–Kier alpha value is -1.05. The van der Waals surface area contributed by atoms with Crippen molar-refractivity contribution in [2.24, 2.45) is 0 Å². The van der Waals surface area contributed by atoms with Gasteiger partial charge in [-0.15, -0.1) is 0 Å². The van der Waals surface area contributed by atoms with E-state index in [1.54, 1.807) is 13.0 Å². The van der Waals surface area contributed by atoms with Gasteiger partial charge in [-0.2, -0.15) is 8.42 Å². The van der Waals surface area contributed by atoms with E-state index in [1.165, 1.54) is 12.1 Å². The van der Waals surface area contributed by atoms with E-state index >= 15 is 0 Å². The number of hydrogen-bond acceptors (Lipinski definition) is 9. The Balaban J connectivity index is 2.29. The van der Waals surface area contributed by atoms with E-state index in [4.69, 9.17) is 18.8 Å². The molecule has 0 radical (unpaired) electrons. The number of benzene rings is 1. The van der Waals surface area contributed by atoms with E-state index in [0.29, 0.717) is 11.3 Å². The zero-order valence-corrected chi connectivity index (χ0v) is 19.0. The molecular formula is C18H30O9SSi. The molecule has 1 aliphatic heterocycles. The minimum atomic E-state index is -4.44. The van der Waals surface area contributed by atoms with Gasteiger partial charge in [0.15, 0.2) is 12.4 Å². The van der Waals surface area contributed by atoms with Gasteiger partial charge in [-0.1, -0.05) is 25.7 Å². The third kappa shape index (κ3) is 5.36. The maximum Gasteiger partial charge on any atom is 0.297 e. The monoisotopic (exact) mass is 450 g/mol. The highest BCUT2D eigenvalue weighted by atomic mass is 32.2. The van der Waals surface area contributed by atoms with Crippen molar-refractivity contribution < 1.29 is 42.5 Å². The molecule has 6 atom stereocenters. The van der Waals surface area contributed by atoms with Gasteiger partial charge in [0.2, 0.25) is 0 Å². The smallest absolute Gasteiger partial charge is 0.297 e. The zero-order valence-electron chi connectivity index (χ0n) is 17.1. The van der Waals surface area contributed by atoms with Crippen LogP contribution in [-0.2, 0) is 19.0 Å². The minimum Gasteiger partial charge on any atom is -0.494 e. The Morgan fingerprint density at radius 2 is 1.79 bits per heavy atom. The highest BCUT2D eigenvalue weighted by Crippen LogP contribution is 2.31. The standard InChI is InChI=1S/C18H30O9SSi/c1-10-12(25-11(2)29(3,4)5)7-6-8-14(10)28(23,24)27-17-16(21)15(20)13(9-19)26-18(17)22/h6-8,11,13,15-22H,9H2,1-5H3/t11?,13-,15-,16+,17-,18-/m1/s1. The van der Waals surface area contributed by atoms with Gasteiger partial charge in [0.25, 0.3) is 10.1 Å². The maximum atomic E-state index is 12.8. The molecule has 11 heteroatoms. The molecule has 1 aromatic rings. The van der Waals surface area contributed by atoms with Crippen molar-refractivity contribution in [3.8, 4) is 5.75 Å². The van der Waals surface area contributed by atoms with Gasteiger partial charge in [-0.25, -0.2) is 0 Å². The van der Waals surface area contributed by atoms with Crippen molar-refractivity contribution in [3.63, 3.8) is 0 Å². The summed E-state index contributed by atoms with van der Waals surface area (Å²) in [5.41, 5.74) is 0.258. The Morgan fingerprint density at radius 1 is 1.17 bits per heavy atom. The molecule has 0 saturated carbocycles. The van der Waals surface area contributed by atoms with E-state index in [9.17, 15) is 23.7 Å². The molecule has 2 rings (SSSR count). The van der Waals surface area contributed by atoms with Crippen LogP contribution in [0.3, 0.4) is 0 Å². The molecule has 1 aliphatic rings. The summed E-state index contributed by atoms with van der Waals surface area (Å²) < 4.78 is 41.6. The number of aliphatic hydroxyl groups excluding tert-OH is 4. The topological polar surface area (TPSA) is 143 Å². The first-order chi connectivity index (χ1) is 13.3. The van der Waals surface area contributed by atoms with Crippen LogP contribution in [0, 0.1) is 6.92 Å². The molecule has 29 heavy (non-hydrogen) atoms. The second-order valence-corrected chi connectivity index (χ2v) is 15.3. The SMILES string of the molecule is Cc1c(OC(C)[Si](C)(C)C)cccc1S(=O)(=O)O[C@@H]1[C@@H](O)[C@H](O)[C@@H](CO)O[C@H]1O. The molecule has 166 valence electrons. The second-order valence-electron chi connectivity index (χ2n) is 8.25. The maximum absolute atomic E-state index is 12.8. The fraction of sp³-hybridized carbons (Fsp3) is 0.667. The molecule has 0 aliphatic carbocycles. The summed E-state index contributed by atoms with van der Waals surface area (Å²) >= 11 is 0. The van der Waals surface area contributed by atoms with Gasteiger partial charge >= 0.3 is 0 Å². The summed E-state index contributed by atoms with van der Waals surface area (Å²) in [6, 6.07) is 4.50. The van der Waals surface area contributed by atoms with Crippen LogP contribution in [0.4, 0.5) is 0 Å². The molecule has 1 unspecified atom stereocenters. The summed E-state index contributed by atoms with van der Waals surface area (Å²) in [5, 5.41) is 39.2. The van der Waals surface area contributed by atoms with Crippen LogP contribution in [0.15, 0.2) is 23.1 Å². The van der Waals surface area contributed by atoms with Crippen molar-refractivity contribution in [2.45, 2.75) is 74.8 Å². The first kappa shape index (κ1) is 24.2. The molecular weight excluding hydrogens is 420 g/mol. The molecule has 0 aromatic heterocycles. The molecule has 0 bridgehead atoms. The van der Waals surface area contributed by atoms with Crippen LogP contribution < -0.4 is 4.74 Å². The van der Waals surface area contributed by atoms with Crippen molar-refractivity contribution in [2.75, 3.05) is 6.61 Å². The molecule has 1 fully saturated rings. The fourth-order valence-corrected chi connectivity index (χ4v) is 4.54. The lowest BCUT2D eigenvalue weighted by molar-refractivity contribution is -0.279. The van der Waals surface area contributed by atoms with Crippen molar-refractivity contribution in [1.82, 2.24) is 0 Å². The average molecular weight is 451 g/mol. The average Bonchev–Trinajstić information content (AvgIpc) is 2.62. The van der Waals surface area contributed by atoms with Crippen LogP contribution >= 0.6 is 0 Å². The van der Waals surface area contributed by atoms with Gasteiger partial charge in [0.1, 0.15) is 29.0 Å². The van der Waals surface area contributed by atoms with Gasteiger partial charge in [0.05, 0.1) is 20.4 Å². The summed E-state index contributed by atoms with van der Waals surface area (Å²) in [7, 11) is -6.07. The Kier molecular flexibility index (Phi) is 7.50. The fourth-order valence-electron chi connectivity index (χ4n) is 2.73. The number of ether oxygens (including phenoxy) is 2. The molecule has 1 aromatic carbocycles. The van der Waals surface area contributed by atoms with Gasteiger partial charge in [-0.05, 0) is 26.0 Å². The van der Waals surface area contributed by atoms with Crippen molar-refractivity contribution in [3.05, 3.63) is 23.8 Å². The van der Waals surface area contributed by atoms with Crippen LogP contribution in [0.1, 0.15) is 12.5 Å². The summed E-state index contributed by atoms with van der Waals surface area (Å²) in [6.07, 6.45) is -8.28.